The molecule has 1 saturated carbocycles. The van der Waals surface area contributed by atoms with Crippen molar-refractivity contribution in [1.82, 2.24) is 10.2 Å². The van der Waals surface area contributed by atoms with Crippen molar-refractivity contribution in [3.63, 3.8) is 0 Å². The molecule has 0 amide bonds. The molecule has 1 heterocycles. The molecular weight excluding hydrogens is 244 g/mol. The van der Waals surface area contributed by atoms with E-state index in [-0.39, 0.29) is 0 Å². The van der Waals surface area contributed by atoms with Crippen molar-refractivity contribution in [2.24, 2.45) is 11.8 Å². The molecule has 2 nitrogen and oxygen atoms in total. The second kappa shape index (κ2) is 8.38. The lowest BCUT2D eigenvalue weighted by Crippen LogP contribution is -2.48. The lowest BCUT2D eigenvalue weighted by atomic mass is 9.81. The number of rotatable bonds is 6. The van der Waals surface area contributed by atoms with E-state index in [1.807, 2.05) is 0 Å². The van der Waals surface area contributed by atoms with Gasteiger partial charge in [-0.05, 0) is 70.5 Å². The highest BCUT2D eigenvalue weighted by Crippen LogP contribution is 2.29. The van der Waals surface area contributed by atoms with Crippen molar-refractivity contribution in [3.05, 3.63) is 0 Å². The Morgan fingerprint density at radius 2 is 1.75 bits per heavy atom. The van der Waals surface area contributed by atoms with Crippen LogP contribution in [-0.4, -0.2) is 36.6 Å². The number of hydrogen-bond acceptors (Lipinski definition) is 2. The summed E-state index contributed by atoms with van der Waals surface area (Å²) in [5, 5.41) is 4.02. The molecule has 0 bridgehead atoms. The second-order valence-electron chi connectivity index (χ2n) is 7.19. The van der Waals surface area contributed by atoms with Gasteiger partial charge in [0.25, 0.3) is 0 Å². The molecule has 0 aromatic rings. The Labute approximate surface area is 126 Å². The van der Waals surface area contributed by atoms with Crippen molar-refractivity contribution in [2.75, 3.05) is 19.6 Å². The van der Waals surface area contributed by atoms with Crippen LogP contribution in [0, 0.1) is 11.8 Å². The normalized spacial score (nSPS) is 31.4. The molecule has 20 heavy (non-hydrogen) atoms. The van der Waals surface area contributed by atoms with E-state index in [1.54, 1.807) is 0 Å². The first kappa shape index (κ1) is 16.3. The SMILES string of the molecule is CCCN1CCC(C(C)NC2CCCCC2CC)CC1. The highest BCUT2D eigenvalue weighted by molar-refractivity contribution is 4.86. The Kier molecular flexibility index (Phi) is 6.83. The summed E-state index contributed by atoms with van der Waals surface area (Å²) in [6, 6.07) is 1.52. The predicted octanol–water partition coefficient (Wildman–Crippen LogP) is 4.06. The zero-order chi connectivity index (χ0) is 14.4. The van der Waals surface area contributed by atoms with E-state index in [0.29, 0.717) is 0 Å². The van der Waals surface area contributed by atoms with E-state index < -0.39 is 0 Å². The maximum atomic E-state index is 4.02. The first-order valence-corrected chi connectivity index (χ1v) is 9.23. The molecule has 1 aliphatic heterocycles. The first-order chi connectivity index (χ1) is 9.74. The molecule has 1 N–H and O–H groups in total. The zero-order valence-corrected chi connectivity index (χ0v) is 14.0. The van der Waals surface area contributed by atoms with Crippen LogP contribution in [0.2, 0.25) is 0 Å². The Morgan fingerprint density at radius 3 is 2.40 bits per heavy atom. The summed E-state index contributed by atoms with van der Waals surface area (Å²) in [5.74, 6) is 1.84. The summed E-state index contributed by atoms with van der Waals surface area (Å²) in [6.07, 6.45) is 11.2. The lowest BCUT2D eigenvalue weighted by Gasteiger charge is -2.39. The van der Waals surface area contributed by atoms with Crippen molar-refractivity contribution in [1.29, 1.82) is 0 Å². The van der Waals surface area contributed by atoms with Crippen LogP contribution < -0.4 is 5.32 Å². The zero-order valence-electron chi connectivity index (χ0n) is 14.0. The molecular formula is C18H36N2. The van der Waals surface area contributed by atoms with Gasteiger partial charge in [0.2, 0.25) is 0 Å². The molecule has 2 fully saturated rings. The number of nitrogens with one attached hydrogen (secondary N) is 1. The summed E-state index contributed by atoms with van der Waals surface area (Å²) >= 11 is 0. The van der Waals surface area contributed by atoms with E-state index in [0.717, 1.165) is 23.9 Å². The van der Waals surface area contributed by atoms with Gasteiger partial charge in [-0.3, -0.25) is 0 Å². The van der Waals surface area contributed by atoms with Gasteiger partial charge in [-0.15, -0.1) is 0 Å². The van der Waals surface area contributed by atoms with E-state index in [9.17, 15) is 0 Å². The van der Waals surface area contributed by atoms with Crippen molar-refractivity contribution in [3.8, 4) is 0 Å². The Morgan fingerprint density at radius 1 is 1.05 bits per heavy atom. The fourth-order valence-corrected chi connectivity index (χ4v) is 4.38. The van der Waals surface area contributed by atoms with Crippen LogP contribution in [-0.2, 0) is 0 Å². The first-order valence-electron chi connectivity index (χ1n) is 9.23. The quantitative estimate of drug-likeness (QED) is 0.789. The number of likely N-dealkylation sites (tertiary alicyclic amines) is 1. The van der Waals surface area contributed by atoms with E-state index in [2.05, 4.69) is 31.0 Å². The Hall–Kier alpha value is -0.0800. The molecule has 3 unspecified atom stereocenters. The van der Waals surface area contributed by atoms with Crippen LogP contribution in [0.15, 0.2) is 0 Å². The third-order valence-corrected chi connectivity index (χ3v) is 5.79. The molecule has 0 aromatic heterocycles. The topological polar surface area (TPSA) is 15.3 Å². The van der Waals surface area contributed by atoms with Gasteiger partial charge >= 0.3 is 0 Å². The van der Waals surface area contributed by atoms with Crippen LogP contribution in [0.3, 0.4) is 0 Å². The molecule has 3 atom stereocenters. The van der Waals surface area contributed by atoms with Gasteiger partial charge in [-0.1, -0.05) is 33.1 Å². The van der Waals surface area contributed by atoms with E-state index in [4.69, 9.17) is 0 Å². The van der Waals surface area contributed by atoms with Gasteiger partial charge in [0.05, 0.1) is 0 Å². The van der Waals surface area contributed by atoms with Crippen molar-refractivity contribution in [2.45, 2.75) is 84.2 Å². The van der Waals surface area contributed by atoms with Crippen molar-refractivity contribution < 1.29 is 0 Å². The number of piperidine rings is 1. The van der Waals surface area contributed by atoms with Crippen LogP contribution in [0.4, 0.5) is 0 Å². The smallest absolute Gasteiger partial charge is 0.00978 e. The van der Waals surface area contributed by atoms with Crippen LogP contribution >= 0.6 is 0 Å². The van der Waals surface area contributed by atoms with Crippen LogP contribution in [0.5, 0.6) is 0 Å². The minimum Gasteiger partial charge on any atom is -0.311 e. The maximum Gasteiger partial charge on any atom is 0.00978 e. The molecule has 118 valence electrons. The minimum absolute atomic E-state index is 0.718. The van der Waals surface area contributed by atoms with Gasteiger partial charge in [0, 0.05) is 12.1 Å². The average Bonchev–Trinajstić information content (AvgIpc) is 2.49. The third-order valence-electron chi connectivity index (χ3n) is 5.79. The van der Waals surface area contributed by atoms with E-state index >= 15 is 0 Å². The summed E-state index contributed by atoms with van der Waals surface area (Å²) < 4.78 is 0. The third kappa shape index (κ3) is 4.46. The van der Waals surface area contributed by atoms with Gasteiger partial charge < -0.3 is 10.2 Å². The highest BCUT2D eigenvalue weighted by Gasteiger charge is 2.28. The fraction of sp³-hybridized carbons (Fsp3) is 1.00. The predicted molar refractivity (Wildman–Crippen MR) is 88.1 cm³/mol. The summed E-state index contributed by atoms with van der Waals surface area (Å²) in [6.45, 7) is 11.1. The molecule has 2 aliphatic rings. The van der Waals surface area contributed by atoms with Gasteiger partial charge in [-0.2, -0.15) is 0 Å². The number of hydrogen-bond donors (Lipinski definition) is 1. The molecule has 0 aromatic carbocycles. The van der Waals surface area contributed by atoms with Gasteiger partial charge in [0.1, 0.15) is 0 Å². The maximum absolute atomic E-state index is 4.02. The van der Waals surface area contributed by atoms with Crippen LogP contribution in [0.1, 0.15) is 72.1 Å². The van der Waals surface area contributed by atoms with Crippen molar-refractivity contribution >= 4 is 0 Å². The molecule has 0 spiro atoms. The molecule has 2 rings (SSSR count). The monoisotopic (exact) mass is 280 g/mol. The van der Waals surface area contributed by atoms with Crippen LogP contribution in [0.25, 0.3) is 0 Å². The molecule has 1 saturated heterocycles. The minimum atomic E-state index is 0.718. The fourth-order valence-electron chi connectivity index (χ4n) is 4.38. The molecule has 0 radical (unpaired) electrons. The highest BCUT2D eigenvalue weighted by atomic mass is 15.1. The standard InChI is InChI=1S/C18H36N2/c1-4-12-20-13-10-17(11-14-20)15(3)19-18-9-7-6-8-16(18)5-2/h15-19H,4-14H2,1-3H3. The van der Waals surface area contributed by atoms with E-state index in [1.165, 1.54) is 71.0 Å². The lowest BCUT2D eigenvalue weighted by molar-refractivity contribution is 0.144. The number of nitrogens with zero attached hydrogens (tertiary/aromatic N) is 1. The second-order valence-corrected chi connectivity index (χ2v) is 7.19. The van der Waals surface area contributed by atoms with Gasteiger partial charge in [-0.25, -0.2) is 0 Å². The molecule has 2 heteroatoms. The summed E-state index contributed by atoms with van der Waals surface area (Å²) in [5.41, 5.74) is 0. The van der Waals surface area contributed by atoms with Gasteiger partial charge in [0.15, 0.2) is 0 Å². The average molecular weight is 280 g/mol. The molecule has 1 aliphatic carbocycles. The largest absolute Gasteiger partial charge is 0.311 e. The summed E-state index contributed by atoms with van der Waals surface area (Å²) in [7, 11) is 0. The summed E-state index contributed by atoms with van der Waals surface area (Å²) in [4.78, 5) is 2.65. The Balaban J connectivity index is 1.75. The Bertz CT molecular complexity index is 258.